The first-order valence-corrected chi connectivity index (χ1v) is 8.47. The third-order valence-corrected chi connectivity index (χ3v) is 4.65. The number of hydrogen-bond acceptors (Lipinski definition) is 3. The summed E-state index contributed by atoms with van der Waals surface area (Å²) in [4.78, 5) is 2.35. The largest absolute Gasteiger partial charge is 0.489 e. The number of benzene rings is 2. The molecule has 0 bridgehead atoms. The Morgan fingerprint density at radius 2 is 2.08 bits per heavy atom. The number of nitrogens with zero attached hydrogens (tertiary/aromatic N) is 1. The molecule has 1 aliphatic rings. The van der Waals surface area contributed by atoms with Gasteiger partial charge in [0.15, 0.2) is 0 Å². The molecule has 128 valence electrons. The molecule has 1 N–H and O–H groups in total. The van der Waals surface area contributed by atoms with Gasteiger partial charge in [-0.1, -0.05) is 30.3 Å². The lowest BCUT2D eigenvalue weighted by molar-refractivity contribution is 0.127. The Balaban J connectivity index is 1.57. The van der Waals surface area contributed by atoms with E-state index in [1.807, 2.05) is 31.2 Å². The molecule has 3 rings (SSSR count). The van der Waals surface area contributed by atoms with Crippen LogP contribution >= 0.6 is 0 Å². The fraction of sp³-hybridized carbons (Fsp3) is 0.400. The molecule has 0 radical (unpaired) electrons. The van der Waals surface area contributed by atoms with Crippen LogP contribution in [0.2, 0.25) is 0 Å². The fourth-order valence-electron chi connectivity index (χ4n) is 3.17. The summed E-state index contributed by atoms with van der Waals surface area (Å²) in [6, 6.07) is 14.6. The maximum Gasteiger partial charge on any atom is 0.129 e. The molecule has 1 saturated heterocycles. The molecule has 2 aromatic rings. The van der Waals surface area contributed by atoms with Gasteiger partial charge in [0.25, 0.3) is 0 Å². The van der Waals surface area contributed by atoms with E-state index >= 15 is 0 Å². The lowest BCUT2D eigenvalue weighted by Gasteiger charge is -2.18. The second-order valence-corrected chi connectivity index (χ2v) is 6.55. The number of ether oxygens (including phenoxy) is 1. The molecule has 4 heteroatoms. The van der Waals surface area contributed by atoms with E-state index in [0.29, 0.717) is 11.5 Å². The summed E-state index contributed by atoms with van der Waals surface area (Å²) in [5.74, 6) is 0.877. The average molecular weight is 329 g/mol. The van der Waals surface area contributed by atoms with Crippen LogP contribution in [0, 0.1) is 11.7 Å². The summed E-state index contributed by atoms with van der Waals surface area (Å²) in [6.07, 6.45) is 0.798. The minimum absolute atomic E-state index is 0.226. The minimum Gasteiger partial charge on any atom is -0.489 e. The van der Waals surface area contributed by atoms with Crippen LogP contribution in [0.25, 0.3) is 0 Å². The topological polar surface area (TPSA) is 32.7 Å². The van der Waals surface area contributed by atoms with Gasteiger partial charge in [0.2, 0.25) is 0 Å². The zero-order valence-electron chi connectivity index (χ0n) is 14.0. The van der Waals surface area contributed by atoms with Gasteiger partial charge >= 0.3 is 0 Å². The highest BCUT2D eigenvalue weighted by atomic mass is 19.1. The molecule has 24 heavy (non-hydrogen) atoms. The van der Waals surface area contributed by atoms with Gasteiger partial charge in [0.1, 0.15) is 18.2 Å². The van der Waals surface area contributed by atoms with Gasteiger partial charge in [-0.05, 0) is 49.6 Å². The monoisotopic (exact) mass is 329 g/mol. The molecule has 0 aliphatic carbocycles. The normalized spacial score (nSPS) is 19.4. The van der Waals surface area contributed by atoms with Crippen molar-refractivity contribution in [2.24, 2.45) is 5.92 Å². The Kier molecular flexibility index (Phi) is 5.48. The molecular formula is C20H24FNO2. The quantitative estimate of drug-likeness (QED) is 0.879. The Morgan fingerprint density at radius 1 is 1.25 bits per heavy atom. The van der Waals surface area contributed by atoms with Gasteiger partial charge in [0.05, 0.1) is 6.10 Å². The van der Waals surface area contributed by atoms with Crippen molar-refractivity contribution in [3.63, 3.8) is 0 Å². The van der Waals surface area contributed by atoms with E-state index in [-0.39, 0.29) is 18.5 Å². The molecule has 1 aliphatic heterocycles. The van der Waals surface area contributed by atoms with Crippen LogP contribution in [0.5, 0.6) is 5.75 Å². The van der Waals surface area contributed by atoms with Crippen LogP contribution in [0.15, 0.2) is 48.5 Å². The number of aliphatic hydroxyl groups is 1. The second kappa shape index (κ2) is 7.77. The maximum absolute atomic E-state index is 13.6. The van der Waals surface area contributed by atoms with Crippen molar-refractivity contribution in [3.8, 4) is 5.75 Å². The van der Waals surface area contributed by atoms with Crippen molar-refractivity contribution in [2.75, 3.05) is 13.1 Å². The number of rotatable bonds is 6. The molecule has 3 nitrogen and oxygen atoms in total. The highest BCUT2D eigenvalue weighted by Crippen LogP contribution is 2.23. The van der Waals surface area contributed by atoms with Crippen LogP contribution in [0.4, 0.5) is 4.39 Å². The fourth-order valence-corrected chi connectivity index (χ4v) is 3.17. The lowest BCUT2D eigenvalue weighted by Crippen LogP contribution is -2.23. The summed E-state index contributed by atoms with van der Waals surface area (Å²) < 4.78 is 19.4. The third-order valence-electron chi connectivity index (χ3n) is 4.65. The smallest absolute Gasteiger partial charge is 0.129 e. The van der Waals surface area contributed by atoms with Crippen molar-refractivity contribution >= 4 is 0 Å². The molecule has 0 amide bonds. The van der Waals surface area contributed by atoms with Crippen LogP contribution in [-0.4, -0.2) is 29.2 Å². The van der Waals surface area contributed by atoms with E-state index in [2.05, 4.69) is 11.0 Å². The Morgan fingerprint density at radius 3 is 2.83 bits per heavy atom. The first kappa shape index (κ1) is 16.9. The van der Waals surface area contributed by atoms with Gasteiger partial charge in [-0.2, -0.15) is 0 Å². The molecule has 1 fully saturated rings. The van der Waals surface area contributed by atoms with Crippen molar-refractivity contribution in [3.05, 3.63) is 65.5 Å². The van der Waals surface area contributed by atoms with Gasteiger partial charge in [-0.3, -0.25) is 4.90 Å². The first-order valence-electron chi connectivity index (χ1n) is 8.47. The number of likely N-dealkylation sites (tertiary alicyclic amines) is 1. The zero-order chi connectivity index (χ0) is 16.9. The highest BCUT2D eigenvalue weighted by Gasteiger charge is 2.25. The SMILES string of the molecule is CC(O)C1CCN(Cc2cccc(OCc3ccccc3F)c2)C1. The summed E-state index contributed by atoms with van der Waals surface area (Å²) >= 11 is 0. The standard InChI is InChI=1S/C20H24FNO2/c1-15(23)17-9-10-22(13-17)12-16-5-4-7-19(11-16)24-14-18-6-2-3-8-20(18)21/h2-8,11,15,17,23H,9-10,12-14H2,1H3. The Labute approximate surface area is 142 Å². The van der Waals surface area contributed by atoms with E-state index < -0.39 is 0 Å². The van der Waals surface area contributed by atoms with Crippen LogP contribution in [0.1, 0.15) is 24.5 Å². The number of hydrogen-bond donors (Lipinski definition) is 1. The predicted octanol–water partition coefficient (Wildman–Crippen LogP) is 3.61. The summed E-state index contributed by atoms with van der Waals surface area (Å²) in [5, 5.41) is 9.70. The van der Waals surface area contributed by atoms with Crippen LogP contribution < -0.4 is 4.74 Å². The predicted molar refractivity (Wildman–Crippen MR) is 92.2 cm³/mol. The van der Waals surface area contributed by atoms with Crippen LogP contribution in [0.3, 0.4) is 0 Å². The van der Waals surface area contributed by atoms with Gasteiger partial charge in [-0.15, -0.1) is 0 Å². The molecule has 2 atom stereocenters. The molecular weight excluding hydrogens is 305 g/mol. The second-order valence-electron chi connectivity index (χ2n) is 6.55. The van der Waals surface area contributed by atoms with Crippen LogP contribution in [-0.2, 0) is 13.2 Å². The molecule has 0 aromatic heterocycles. The molecule has 2 unspecified atom stereocenters. The summed E-state index contributed by atoms with van der Waals surface area (Å²) in [6.45, 7) is 4.88. The van der Waals surface area contributed by atoms with Crippen molar-refractivity contribution in [1.29, 1.82) is 0 Å². The molecule has 2 aromatic carbocycles. The molecule has 0 saturated carbocycles. The van der Waals surface area contributed by atoms with Crippen molar-refractivity contribution in [1.82, 2.24) is 4.90 Å². The summed E-state index contributed by atoms with van der Waals surface area (Å²) in [7, 11) is 0. The highest BCUT2D eigenvalue weighted by molar-refractivity contribution is 5.29. The zero-order valence-corrected chi connectivity index (χ0v) is 14.0. The Bertz CT molecular complexity index is 674. The Hall–Kier alpha value is -1.91. The van der Waals surface area contributed by atoms with Crippen molar-refractivity contribution in [2.45, 2.75) is 32.6 Å². The number of halogens is 1. The minimum atomic E-state index is -0.245. The van der Waals surface area contributed by atoms with E-state index in [4.69, 9.17) is 4.74 Å². The van der Waals surface area contributed by atoms with E-state index in [1.165, 1.54) is 11.6 Å². The van der Waals surface area contributed by atoms with Crippen molar-refractivity contribution < 1.29 is 14.2 Å². The van der Waals surface area contributed by atoms with E-state index in [1.54, 1.807) is 12.1 Å². The summed E-state index contributed by atoms with van der Waals surface area (Å²) in [5.41, 5.74) is 1.73. The molecule has 1 heterocycles. The number of aliphatic hydroxyl groups excluding tert-OH is 1. The maximum atomic E-state index is 13.6. The van der Waals surface area contributed by atoms with Gasteiger partial charge in [0, 0.05) is 18.7 Å². The van der Waals surface area contributed by atoms with Gasteiger partial charge < -0.3 is 9.84 Å². The average Bonchev–Trinajstić information content (AvgIpc) is 3.03. The first-order chi connectivity index (χ1) is 11.6. The van der Waals surface area contributed by atoms with E-state index in [0.717, 1.165) is 31.8 Å². The lowest BCUT2D eigenvalue weighted by atomic mass is 10.0. The van der Waals surface area contributed by atoms with E-state index in [9.17, 15) is 9.50 Å². The van der Waals surface area contributed by atoms with Gasteiger partial charge in [-0.25, -0.2) is 4.39 Å². The third kappa shape index (κ3) is 4.34. The molecule has 0 spiro atoms.